The Morgan fingerprint density at radius 2 is 2.10 bits per heavy atom. The summed E-state index contributed by atoms with van der Waals surface area (Å²) in [5.41, 5.74) is 1.72. The van der Waals surface area contributed by atoms with Gasteiger partial charge in [-0.1, -0.05) is 5.56 Å². The van der Waals surface area contributed by atoms with Gasteiger partial charge in [0.2, 0.25) is 5.91 Å². The Morgan fingerprint density at radius 1 is 1.38 bits per heavy atom. The second-order valence-corrected chi connectivity index (χ2v) is 5.07. The number of carbonyl (C=O) groups excluding carboxylic acids is 2. The van der Waals surface area contributed by atoms with Gasteiger partial charge in [-0.05, 0) is 6.42 Å². The molecule has 1 atom stereocenters. The second kappa shape index (κ2) is 8.64. The number of hydrogen-bond acceptors (Lipinski definition) is 2. The van der Waals surface area contributed by atoms with Crippen LogP contribution >= 0.6 is 0 Å². The number of rotatable bonds is 1. The van der Waals surface area contributed by atoms with Gasteiger partial charge in [0.25, 0.3) is 0 Å². The number of piperidine rings is 1. The summed E-state index contributed by atoms with van der Waals surface area (Å²) in [6.07, 6.45) is 3.26. The number of nitrogens with one attached hydrogen (secondary N) is 1. The molecule has 0 aliphatic carbocycles. The van der Waals surface area contributed by atoms with Crippen LogP contribution in [0.1, 0.15) is 42.6 Å². The predicted octanol–water partition coefficient (Wildman–Crippen LogP) is 1.95. The summed E-state index contributed by atoms with van der Waals surface area (Å²) in [6, 6.07) is 8.74. The zero-order chi connectivity index (χ0) is 14.5. The fourth-order valence-corrected chi connectivity index (χ4v) is 2.48. The first kappa shape index (κ1) is 18.3. The van der Waals surface area contributed by atoms with Crippen molar-refractivity contribution in [1.29, 1.82) is 0 Å². The van der Waals surface area contributed by atoms with Gasteiger partial charge in [0.15, 0.2) is 5.91 Å². The number of nitrogens with zero attached hydrogens (tertiary/aromatic N) is 1. The van der Waals surface area contributed by atoms with Crippen LogP contribution in [0.4, 0.5) is 0 Å². The van der Waals surface area contributed by atoms with Gasteiger partial charge in [-0.25, -0.2) is 0 Å². The average Bonchev–Trinajstić information content (AvgIpc) is 2.79. The maximum absolute atomic E-state index is 12.2. The summed E-state index contributed by atoms with van der Waals surface area (Å²) in [6.45, 7) is 5.19. The third kappa shape index (κ3) is 4.37. The van der Waals surface area contributed by atoms with Crippen LogP contribution in [0.25, 0.3) is 0 Å². The predicted molar refractivity (Wildman–Crippen MR) is 76.8 cm³/mol. The van der Waals surface area contributed by atoms with Crippen molar-refractivity contribution in [2.75, 3.05) is 6.54 Å². The monoisotopic (exact) mass is 361 g/mol. The van der Waals surface area contributed by atoms with E-state index in [1.807, 2.05) is 43.4 Å². The van der Waals surface area contributed by atoms with Gasteiger partial charge in [0, 0.05) is 58.3 Å². The van der Waals surface area contributed by atoms with Crippen molar-refractivity contribution >= 4 is 11.8 Å². The van der Waals surface area contributed by atoms with Crippen molar-refractivity contribution < 1.29 is 42.3 Å². The maximum Gasteiger partial charge on any atom is 0.220 e. The van der Waals surface area contributed by atoms with Gasteiger partial charge < -0.3 is 16.6 Å². The normalized spacial score (nSPS) is 19.9. The second-order valence-electron chi connectivity index (χ2n) is 5.07. The summed E-state index contributed by atoms with van der Waals surface area (Å²) in [4.78, 5) is 25.1. The topological polar surface area (TPSA) is 49.4 Å². The molecule has 111 valence electrons. The van der Waals surface area contributed by atoms with Crippen LogP contribution < -0.4 is 5.32 Å². The van der Waals surface area contributed by atoms with Gasteiger partial charge in [0.1, 0.15) is 0 Å². The molecule has 2 aliphatic heterocycles. The largest absolute Gasteiger partial charge is 0.354 e. The van der Waals surface area contributed by atoms with Crippen molar-refractivity contribution in [2.45, 2.75) is 39.3 Å². The van der Waals surface area contributed by atoms with E-state index < -0.39 is 0 Å². The average molecular weight is 361 g/mol. The third-order valence-corrected chi connectivity index (χ3v) is 3.44. The van der Waals surface area contributed by atoms with Crippen molar-refractivity contribution in [3.63, 3.8) is 0 Å². The fraction of sp³-hybridized carbons (Fsp3) is 0.438. The number of amides is 2. The van der Waals surface area contributed by atoms with E-state index in [1.54, 1.807) is 0 Å². The van der Waals surface area contributed by atoms with Gasteiger partial charge in [-0.3, -0.25) is 9.59 Å². The molecule has 2 heterocycles. The van der Waals surface area contributed by atoms with Crippen LogP contribution in [0.3, 0.4) is 0 Å². The van der Waals surface area contributed by atoms with Crippen molar-refractivity contribution in [3.8, 4) is 0 Å². The van der Waals surface area contributed by atoms with Crippen molar-refractivity contribution in [3.05, 3.63) is 41.8 Å². The molecule has 1 radical (unpaired) electrons. The van der Waals surface area contributed by atoms with E-state index in [1.165, 1.54) is 0 Å². The molecule has 0 bridgehead atoms. The Labute approximate surface area is 151 Å². The molecule has 0 aromatic heterocycles. The molecule has 0 spiro atoms. The molecule has 2 aliphatic rings. The summed E-state index contributed by atoms with van der Waals surface area (Å²) < 4.78 is 0. The van der Waals surface area contributed by atoms with E-state index in [4.69, 9.17) is 0 Å². The van der Waals surface area contributed by atoms with Crippen molar-refractivity contribution in [2.24, 2.45) is 0 Å². The number of hydrogen-bond donors (Lipinski definition) is 1. The first-order chi connectivity index (χ1) is 9.67. The molecule has 1 unspecified atom stereocenters. The first-order valence-corrected chi connectivity index (χ1v) is 6.98. The van der Waals surface area contributed by atoms with Crippen molar-refractivity contribution in [1.82, 2.24) is 10.2 Å². The standard InChI is InChI=1S/C13H13N2O2.C3H7.Y/c16-12-6-5-10(7-14-12)15-8-9-3-1-2-4-11(9)13(15)17;1-3-2;/h1-2,4,10H,5-8H2,(H,14,16);3H,1-2H3;/q2*-1;. The SMILES string of the molecule is C[CH-]C.O=C1CCC(N2Cc3[c-]cccc3C2=O)CN1.[Y]. The minimum Gasteiger partial charge on any atom is -0.354 e. The van der Waals surface area contributed by atoms with Gasteiger partial charge >= 0.3 is 0 Å². The molecule has 4 nitrogen and oxygen atoms in total. The smallest absolute Gasteiger partial charge is 0.220 e. The number of carbonyl (C=O) groups is 2. The summed E-state index contributed by atoms with van der Waals surface area (Å²) in [7, 11) is 0. The fourth-order valence-electron chi connectivity index (χ4n) is 2.48. The third-order valence-electron chi connectivity index (χ3n) is 3.44. The molecular weight excluding hydrogens is 341 g/mol. The van der Waals surface area contributed by atoms with E-state index in [-0.39, 0.29) is 50.6 Å². The summed E-state index contributed by atoms with van der Waals surface area (Å²) in [5, 5.41) is 2.81. The van der Waals surface area contributed by atoms with E-state index in [0.717, 1.165) is 17.5 Å². The van der Waals surface area contributed by atoms with Gasteiger partial charge in [-0.15, -0.1) is 5.56 Å². The molecule has 1 N–H and O–H groups in total. The van der Waals surface area contributed by atoms with E-state index in [9.17, 15) is 9.59 Å². The number of benzene rings is 1. The molecule has 1 saturated heterocycles. The van der Waals surface area contributed by atoms with E-state index in [2.05, 4.69) is 11.4 Å². The van der Waals surface area contributed by atoms with Crippen LogP contribution in [0.2, 0.25) is 0 Å². The van der Waals surface area contributed by atoms with Crippen LogP contribution in [0.15, 0.2) is 18.2 Å². The Balaban J connectivity index is 0.000000510. The first-order valence-electron chi connectivity index (χ1n) is 6.98. The van der Waals surface area contributed by atoms with Crippen LogP contribution in [-0.4, -0.2) is 29.3 Å². The quantitative estimate of drug-likeness (QED) is 0.778. The molecule has 5 heteroatoms. The molecule has 1 fully saturated rings. The maximum atomic E-state index is 12.2. The molecule has 1 aromatic carbocycles. The molecule has 3 rings (SSSR count). The molecule has 21 heavy (non-hydrogen) atoms. The Bertz CT molecular complexity index is 495. The molecule has 1 aromatic rings. The van der Waals surface area contributed by atoms with Crippen LogP contribution in [-0.2, 0) is 44.0 Å². The Kier molecular flexibility index (Phi) is 7.54. The molecular formula is C16H20N2O2Y-2. The Hall–Kier alpha value is -0.736. The van der Waals surface area contributed by atoms with E-state index >= 15 is 0 Å². The van der Waals surface area contributed by atoms with Gasteiger partial charge in [0.05, 0.1) is 0 Å². The Morgan fingerprint density at radius 3 is 2.67 bits per heavy atom. The summed E-state index contributed by atoms with van der Waals surface area (Å²) in [5.74, 6) is 0.148. The minimum absolute atomic E-state index is 0. The molecule has 2 amide bonds. The zero-order valence-corrected chi connectivity index (χ0v) is 15.4. The summed E-state index contributed by atoms with van der Waals surface area (Å²) >= 11 is 0. The van der Waals surface area contributed by atoms with Crippen LogP contribution in [0.5, 0.6) is 0 Å². The van der Waals surface area contributed by atoms with E-state index in [0.29, 0.717) is 19.5 Å². The zero-order valence-electron chi connectivity index (χ0n) is 12.6. The number of fused-ring (bicyclic) bond motifs is 1. The van der Waals surface area contributed by atoms with Gasteiger partial charge in [-0.2, -0.15) is 38.1 Å². The minimum atomic E-state index is 0. The molecule has 0 saturated carbocycles. The van der Waals surface area contributed by atoms with Crippen LogP contribution in [0, 0.1) is 12.5 Å².